The fourth-order valence-electron chi connectivity index (χ4n) is 1.37. The van der Waals surface area contributed by atoms with Crippen molar-refractivity contribution in [1.82, 2.24) is 5.32 Å². The van der Waals surface area contributed by atoms with Gasteiger partial charge in [0.1, 0.15) is 5.76 Å². The maximum atomic E-state index is 9.64. The summed E-state index contributed by atoms with van der Waals surface area (Å²) in [6.45, 7) is 3.80. The minimum Gasteiger partial charge on any atom is -0.468 e. The number of furan rings is 1. The van der Waals surface area contributed by atoms with Crippen molar-refractivity contribution >= 4 is 0 Å². The molecule has 0 amide bonds. The third kappa shape index (κ3) is 5.83. The van der Waals surface area contributed by atoms with Crippen molar-refractivity contribution < 1.29 is 19.0 Å². The van der Waals surface area contributed by atoms with E-state index in [4.69, 9.17) is 13.9 Å². The van der Waals surface area contributed by atoms with Crippen LogP contribution in [-0.2, 0) is 9.47 Å². The Morgan fingerprint density at radius 1 is 1.47 bits per heavy atom. The monoisotopic (exact) mass is 243 g/mol. The fraction of sp³-hybridized carbons (Fsp3) is 0.667. The number of ether oxygens (including phenoxy) is 2. The van der Waals surface area contributed by atoms with Crippen LogP contribution in [-0.4, -0.2) is 44.7 Å². The quantitative estimate of drug-likeness (QED) is 0.632. The Morgan fingerprint density at radius 2 is 2.29 bits per heavy atom. The van der Waals surface area contributed by atoms with Crippen LogP contribution in [0.2, 0.25) is 0 Å². The van der Waals surface area contributed by atoms with E-state index >= 15 is 0 Å². The summed E-state index contributed by atoms with van der Waals surface area (Å²) in [5.74, 6) is 0.859. The van der Waals surface area contributed by atoms with Crippen LogP contribution in [0.5, 0.6) is 0 Å². The van der Waals surface area contributed by atoms with E-state index in [0.29, 0.717) is 26.4 Å². The Labute approximate surface area is 102 Å². The molecule has 0 fully saturated rings. The molecule has 1 heterocycles. The molecule has 0 spiro atoms. The van der Waals surface area contributed by atoms with Gasteiger partial charge in [-0.25, -0.2) is 0 Å². The molecule has 0 aliphatic heterocycles. The van der Waals surface area contributed by atoms with E-state index in [2.05, 4.69) is 5.32 Å². The lowest BCUT2D eigenvalue weighted by molar-refractivity contribution is 0.0128. The van der Waals surface area contributed by atoms with E-state index in [9.17, 15) is 5.11 Å². The summed E-state index contributed by atoms with van der Waals surface area (Å²) < 4.78 is 15.3. The number of aliphatic hydroxyl groups excluding tert-OH is 1. The van der Waals surface area contributed by atoms with Crippen LogP contribution in [0.15, 0.2) is 22.8 Å². The molecule has 2 atom stereocenters. The van der Waals surface area contributed by atoms with Crippen LogP contribution in [0.1, 0.15) is 18.7 Å². The Hall–Kier alpha value is -0.880. The largest absolute Gasteiger partial charge is 0.468 e. The van der Waals surface area contributed by atoms with Crippen molar-refractivity contribution in [1.29, 1.82) is 0 Å². The highest BCUT2D eigenvalue weighted by molar-refractivity contribution is 5.02. The molecule has 1 unspecified atom stereocenters. The standard InChI is InChI=1S/C12H21NO4/c1-10(12-4-3-5-17-12)13-8-11(14)9-16-7-6-15-2/h3-5,10-11,13-14H,6-9H2,1-2H3/t10-,11?/m1/s1. The van der Waals surface area contributed by atoms with E-state index in [-0.39, 0.29) is 6.04 Å². The zero-order valence-corrected chi connectivity index (χ0v) is 10.4. The summed E-state index contributed by atoms with van der Waals surface area (Å²) in [6, 6.07) is 3.83. The predicted octanol–water partition coefficient (Wildman–Crippen LogP) is 0.954. The summed E-state index contributed by atoms with van der Waals surface area (Å²) in [7, 11) is 1.62. The van der Waals surface area contributed by atoms with E-state index in [1.807, 2.05) is 19.1 Å². The second-order valence-corrected chi connectivity index (χ2v) is 3.87. The molecule has 1 aromatic heterocycles. The molecule has 0 radical (unpaired) electrons. The fourth-order valence-corrected chi connectivity index (χ4v) is 1.37. The average molecular weight is 243 g/mol. The van der Waals surface area contributed by atoms with Gasteiger partial charge in [0.15, 0.2) is 0 Å². The van der Waals surface area contributed by atoms with E-state index in [1.165, 1.54) is 0 Å². The van der Waals surface area contributed by atoms with Crippen molar-refractivity contribution in [2.24, 2.45) is 0 Å². The maximum absolute atomic E-state index is 9.64. The lowest BCUT2D eigenvalue weighted by Gasteiger charge is -2.15. The van der Waals surface area contributed by atoms with Gasteiger partial charge in [0.05, 0.1) is 38.2 Å². The average Bonchev–Trinajstić information content (AvgIpc) is 2.85. The highest BCUT2D eigenvalue weighted by atomic mass is 16.5. The molecule has 0 aromatic carbocycles. The molecule has 5 nitrogen and oxygen atoms in total. The number of rotatable bonds is 9. The van der Waals surface area contributed by atoms with Crippen LogP contribution in [0.3, 0.4) is 0 Å². The molecule has 0 aliphatic rings. The Bertz CT molecular complexity index is 276. The first-order valence-corrected chi connectivity index (χ1v) is 5.75. The van der Waals surface area contributed by atoms with Crippen LogP contribution in [0.25, 0.3) is 0 Å². The predicted molar refractivity (Wildman–Crippen MR) is 63.8 cm³/mol. The van der Waals surface area contributed by atoms with Gasteiger partial charge in [0.25, 0.3) is 0 Å². The van der Waals surface area contributed by atoms with Crippen LogP contribution >= 0.6 is 0 Å². The molecule has 1 aromatic rings. The first-order chi connectivity index (χ1) is 8.24. The second kappa shape index (κ2) is 8.25. The van der Waals surface area contributed by atoms with Crippen molar-refractivity contribution in [3.05, 3.63) is 24.2 Å². The second-order valence-electron chi connectivity index (χ2n) is 3.87. The normalized spacial score (nSPS) is 14.8. The molecule has 2 N–H and O–H groups in total. The van der Waals surface area contributed by atoms with Gasteiger partial charge in [-0.05, 0) is 19.1 Å². The zero-order chi connectivity index (χ0) is 12.5. The number of hydrogen-bond donors (Lipinski definition) is 2. The topological polar surface area (TPSA) is 63.9 Å². The van der Waals surface area contributed by atoms with Gasteiger partial charge in [-0.2, -0.15) is 0 Å². The SMILES string of the molecule is COCCOCC(O)CN[C@H](C)c1ccco1. The molecular weight excluding hydrogens is 222 g/mol. The van der Waals surface area contributed by atoms with Crippen LogP contribution in [0.4, 0.5) is 0 Å². The molecule has 0 saturated carbocycles. The summed E-state index contributed by atoms with van der Waals surface area (Å²) in [6.07, 6.45) is 1.11. The Morgan fingerprint density at radius 3 is 2.94 bits per heavy atom. The van der Waals surface area contributed by atoms with Gasteiger partial charge < -0.3 is 24.3 Å². The smallest absolute Gasteiger partial charge is 0.120 e. The van der Waals surface area contributed by atoms with Crippen molar-refractivity contribution in [3.8, 4) is 0 Å². The molecule has 1 rings (SSSR count). The maximum Gasteiger partial charge on any atom is 0.120 e. The van der Waals surface area contributed by atoms with Gasteiger partial charge in [0, 0.05) is 13.7 Å². The van der Waals surface area contributed by atoms with Gasteiger partial charge in [-0.15, -0.1) is 0 Å². The Balaban J connectivity index is 2.09. The lowest BCUT2D eigenvalue weighted by Crippen LogP contribution is -2.32. The molecule has 0 saturated heterocycles. The van der Waals surface area contributed by atoms with Crippen LogP contribution < -0.4 is 5.32 Å². The number of aliphatic hydroxyl groups is 1. The molecular formula is C12H21NO4. The van der Waals surface area contributed by atoms with Gasteiger partial charge >= 0.3 is 0 Å². The van der Waals surface area contributed by atoms with E-state index in [0.717, 1.165) is 5.76 Å². The van der Waals surface area contributed by atoms with Gasteiger partial charge in [-0.3, -0.25) is 0 Å². The first-order valence-electron chi connectivity index (χ1n) is 5.75. The van der Waals surface area contributed by atoms with Crippen molar-refractivity contribution in [2.45, 2.75) is 19.1 Å². The van der Waals surface area contributed by atoms with Crippen LogP contribution in [0, 0.1) is 0 Å². The summed E-state index contributed by atoms with van der Waals surface area (Å²) >= 11 is 0. The molecule has 17 heavy (non-hydrogen) atoms. The first kappa shape index (κ1) is 14.2. The molecule has 0 aliphatic carbocycles. The van der Waals surface area contributed by atoms with Crippen molar-refractivity contribution in [2.75, 3.05) is 33.5 Å². The number of nitrogens with one attached hydrogen (secondary N) is 1. The summed E-state index contributed by atoms with van der Waals surface area (Å²) in [4.78, 5) is 0. The molecule has 98 valence electrons. The molecule has 5 heteroatoms. The third-order valence-electron chi connectivity index (χ3n) is 2.37. The van der Waals surface area contributed by atoms with E-state index < -0.39 is 6.10 Å². The number of methoxy groups -OCH3 is 1. The molecule has 0 bridgehead atoms. The van der Waals surface area contributed by atoms with E-state index in [1.54, 1.807) is 13.4 Å². The van der Waals surface area contributed by atoms with Crippen molar-refractivity contribution in [3.63, 3.8) is 0 Å². The third-order valence-corrected chi connectivity index (χ3v) is 2.37. The highest BCUT2D eigenvalue weighted by Gasteiger charge is 2.10. The minimum atomic E-state index is -0.524. The number of hydrogen-bond acceptors (Lipinski definition) is 5. The highest BCUT2D eigenvalue weighted by Crippen LogP contribution is 2.11. The van der Waals surface area contributed by atoms with Gasteiger partial charge in [-0.1, -0.05) is 0 Å². The summed E-state index contributed by atoms with van der Waals surface area (Å²) in [5.41, 5.74) is 0. The van der Waals surface area contributed by atoms with Gasteiger partial charge in [0.2, 0.25) is 0 Å². The minimum absolute atomic E-state index is 0.0821. The zero-order valence-electron chi connectivity index (χ0n) is 10.4. The lowest BCUT2D eigenvalue weighted by atomic mass is 10.2. The Kier molecular flexibility index (Phi) is 6.88. The summed E-state index contributed by atoms with van der Waals surface area (Å²) in [5, 5.41) is 12.8.